The van der Waals surface area contributed by atoms with Crippen LogP contribution in [0.15, 0.2) is 72.4 Å². The average molecular weight is 457 g/mol. The molecule has 1 unspecified atom stereocenters. The minimum absolute atomic E-state index is 0.114. The van der Waals surface area contributed by atoms with E-state index >= 15 is 0 Å². The fourth-order valence-corrected chi connectivity index (χ4v) is 5.11. The molecule has 1 N–H and O–H groups in total. The number of nitriles is 1. The molecular weight excluding hydrogens is 424 g/mol. The predicted octanol–water partition coefficient (Wildman–Crippen LogP) is 3.83. The first kappa shape index (κ1) is 23.6. The zero-order chi connectivity index (χ0) is 24.1. The van der Waals surface area contributed by atoms with Gasteiger partial charge in [-0.1, -0.05) is 62.4 Å². The van der Waals surface area contributed by atoms with Gasteiger partial charge in [0.25, 0.3) is 0 Å². The highest BCUT2D eigenvalue weighted by atomic mass is 16.5. The van der Waals surface area contributed by atoms with Crippen molar-refractivity contribution in [2.45, 2.75) is 25.9 Å². The minimum Gasteiger partial charge on any atom is -0.496 e. The maximum Gasteiger partial charge on any atom is 0.227 e. The number of amides is 1. The van der Waals surface area contributed by atoms with Crippen molar-refractivity contribution in [3.8, 4) is 11.8 Å². The van der Waals surface area contributed by atoms with E-state index in [2.05, 4.69) is 30.1 Å². The maximum atomic E-state index is 12.9. The van der Waals surface area contributed by atoms with Gasteiger partial charge in [-0.25, -0.2) is 0 Å². The molecule has 1 amide bonds. The van der Waals surface area contributed by atoms with E-state index in [0.717, 1.165) is 22.4 Å². The molecule has 34 heavy (non-hydrogen) atoms. The number of rotatable bonds is 6. The molecule has 2 aromatic carbocycles. The third-order valence-corrected chi connectivity index (χ3v) is 6.88. The Bertz CT molecular complexity index is 1120. The normalized spacial score (nSPS) is 20.7. The quantitative estimate of drug-likeness (QED) is 0.716. The molecule has 0 saturated carbocycles. The second-order valence-corrected chi connectivity index (χ2v) is 9.03. The van der Waals surface area contributed by atoms with E-state index in [-0.39, 0.29) is 11.8 Å². The number of hydrogen-bond donors (Lipinski definition) is 1. The average Bonchev–Trinajstić information content (AvgIpc) is 2.88. The second kappa shape index (κ2) is 10.1. The van der Waals surface area contributed by atoms with Crippen LogP contribution in [0.2, 0.25) is 0 Å². The summed E-state index contributed by atoms with van der Waals surface area (Å²) in [5, 5.41) is 13.9. The first-order chi connectivity index (χ1) is 16.5. The van der Waals surface area contributed by atoms with Crippen molar-refractivity contribution in [3.63, 3.8) is 0 Å². The lowest BCUT2D eigenvalue weighted by Crippen LogP contribution is -2.67. The summed E-state index contributed by atoms with van der Waals surface area (Å²) in [5.74, 6) is 1.00. The van der Waals surface area contributed by atoms with Crippen LogP contribution >= 0.6 is 0 Å². The standard InChI is InChI=1S/C28H32N4O2/c1-21(2)28(25(20-29)23(13-14-30-28)24-11-7-8-12-26(24)34-3)32-17-15-31(16-18-32)27(33)19-22-9-5-4-6-10-22/h4-14,21,30H,15-19H2,1-3H3. The first-order valence-electron chi connectivity index (χ1n) is 11.8. The topological polar surface area (TPSA) is 68.6 Å². The summed E-state index contributed by atoms with van der Waals surface area (Å²) in [6, 6.07) is 20.2. The van der Waals surface area contributed by atoms with Crippen molar-refractivity contribution in [2.75, 3.05) is 33.3 Å². The van der Waals surface area contributed by atoms with Crippen LogP contribution in [-0.2, 0) is 11.2 Å². The van der Waals surface area contributed by atoms with Crippen molar-refractivity contribution in [2.24, 2.45) is 5.92 Å². The number of hydrogen-bond acceptors (Lipinski definition) is 5. The summed E-state index contributed by atoms with van der Waals surface area (Å²) in [5.41, 5.74) is 2.83. The predicted molar refractivity (Wildman–Crippen MR) is 134 cm³/mol. The number of nitrogens with one attached hydrogen (secondary N) is 1. The smallest absolute Gasteiger partial charge is 0.227 e. The lowest BCUT2D eigenvalue weighted by atomic mass is 9.80. The Kier molecular flexibility index (Phi) is 7.04. The monoisotopic (exact) mass is 456 g/mol. The van der Waals surface area contributed by atoms with E-state index in [9.17, 15) is 10.1 Å². The van der Waals surface area contributed by atoms with Gasteiger partial charge in [0, 0.05) is 37.3 Å². The van der Waals surface area contributed by atoms with Gasteiger partial charge in [-0.3, -0.25) is 9.69 Å². The fraction of sp³-hybridized carbons (Fsp3) is 0.357. The van der Waals surface area contributed by atoms with Gasteiger partial charge in [0.2, 0.25) is 5.91 Å². The number of dihydropyridines is 1. The third kappa shape index (κ3) is 4.32. The number of carbonyl (C=O) groups is 1. The molecular formula is C28H32N4O2. The van der Waals surface area contributed by atoms with Crippen molar-refractivity contribution < 1.29 is 9.53 Å². The summed E-state index contributed by atoms with van der Waals surface area (Å²) in [7, 11) is 1.65. The van der Waals surface area contributed by atoms with Gasteiger partial charge in [-0.2, -0.15) is 5.26 Å². The number of benzene rings is 2. The molecule has 0 radical (unpaired) electrons. The van der Waals surface area contributed by atoms with Crippen LogP contribution in [0.1, 0.15) is 25.0 Å². The molecule has 176 valence electrons. The van der Waals surface area contributed by atoms with E-state index in [0.29, 0.717) is 38.2 Å². The van der Waals surface area contributed by atoms with Crippen LogP contribution in [0.5, 0.6) is 5.75 Å². The zero-order valence-electron chi connectivity index (χ0n) is 20.1. The van der Waals surface area contributed by atoms with E-state index in [1.807, 2.05) is 71.8 Å². The van der Waals surface area contributed by atoms with Crippen LogP contribution in [0.3, 0.4) is 0 Å². The van der Waals surface area contributed by atoms with Crippen LogP contribution < -0.4 is 10.1 Å². The Balaban J connectivity index is 1.60. The van der Waals surface area contributed by atoms with Crippen LogP contribution in [-0.4, -0.2) is 54.7 Å². The molecule has 1 fully saturated rings. The molecule has 6 nitrogen and oxygen atoms in total. The van der Waals surface area contributed by atoms with E-state index < -0.39 is 5.66 Å². The number of allylic oxidation sites excluding steroid dienone is 2. The summed E-state index contributed by atoms with van der Waals surface area (Å²) >= 11 is 0. The van der Waals surface area contributed by atoms with Gasteiger partial charge in [0.05, 0.1) is 25.2 Å². The Labute approximate surface area is 202 Å². The first-order valence-corrected chi connectivity index (χ1v) is 11.8. The van der Waals surface area contributed by atoms with E-state index in [4.69, 9.17) is 4.74 Å². The van der Waals surface area contributed by atoms with E-state index in [1.165, 1.54) is 0 Å². The highest BCUT2D eigenvalue weighted by Crippen LogP contribution is 2.40. The van der Waals surface area contributed by atoms with Gasteiger partial charge in [0.1, 0.15) is 11.4 Å². The number of ether oxygens (including phenoxy) is 1. The summed E-state index contributed by atoms with van der Waals surface area (Å²) in [6.45, 7) is 6.91. The molecule has 2 aliphatic heterocycles. The molecule has 1 atom stereocenters. The molecule has 0 aliphatic carbocycles. The highest BCUT2D eigenvalue weighted by molar-refractivity contribution is 5.85. The molecule has 2 aliphatic rings. The Hall–Kier alpha value is -3.56. The number of piperazine rings is 1. The third-order valence-electron chi connectivity index (χ3n) is 6.88. The number of carbonyl (C=O) groups excluding carboxylic acids is 1. The molecule has 2 heterocycles. The van der Waals surface area contributed by atoms with Crippen molar-refractivity contribution in [1.29, 1.82) is 5.26 Å². The Morgan fingerprint density at radius 3 is 2.41 bits per heavy atom. The van der Waals surface area contributed by atoms with Gasteiger partial charge in [-0.15, -0.1) is 0 Å². The number of nitrogens with zero attached hydrogens (tertiary/aromatic N) is 3. The minimum atomic E-state index is -0.658. The molecule has 1 saturated heterocycles. The maximum absolute atomic E-state index is 12.9. The molecule has 0 bridgehead atoms. The summed E-state index contributed by atoms with van der Waals surface area (Å²) in [4.78, 5) is 17.2. The molecule has 4 rings (SSSR count). The molecule has 0 spiro atoms. The molecule has 6 heteroatoms. The molecule has 2 aromatic rings. The van der Waals surface area contributed by atoms with Crippen molar-refractivity contribution in [3.05, 3.63) is 83.6 Å². The number of methoxy groups -OCH3 is 1. The van der Waals surface area contributed by atoms with Crippen molar-refractivity contribution in [1.82, 2.24) is 15.1 Å². The summed E-state index contributed by atoms with van der Waals surface area (Å²) < 4.78 is 5.60. The largest absolute Gasteiger partial charge is 0.496 e. The van der Waals surface area contributed by atoms with Crippen molar-refractivity contribution >= 4 is 11.5 Å². The Morgan fingerprint density at radius 2 is 1.76 bits per heavy atom. The lowest BCUT2D eigenvalue weighted by Gasteiger charge is -2.51. The van der Waals surface area contributed by atoms with E-state index in [1.54, 1.807) is 7.11 Å². The lowest BCUT2D eigenvalue weighted by molar-refractivity contribution is -0.133. The zero-order valence-corrected chi connectivity index (χ0v) is 20.1. The summed E-state index contributed by atoms with van der Waals surface area (Å²) in [6.07, 6.45) is 4.31. The highest BCUT2D eigenvalue weighted by Gasteiger charge is 2.47. The number of para-hydroxylation sites is 1. The van der Waals surface area contributed by atoms with Crippen LogP contribution in [0.25, 0.3) is 5.57 Å². The fourth-order valence-electron chi connectivity index (χ4n) is 5.11. The second-order valence-electron chi connectivity index (χ2n) is 9.03. The van der Waals surface area contributed by atoms with Gasteiger partial charge in [-0.05, 0) is 29.8 Å². The van der Waals surface area contributed by atoms with Gasteiger partial charge < -0.3 is 15.0 Å². The molecule has 0 aromatic heterocycles. The van der Waals surface area contributed by atoms with Gasteiger partial charge in [0.15, 0.2) is 0 Å². The Morgan fingerprint density at radius 1 is 1.09 bits per heavy atom. The SMILES string of the molecule is COc1ccccc1C1=C(C#N)C(C(C)C)(N2CCN(C(=O)Cc3ccccc3)CC2)NC=C1. The van der Waals surface area contributed by atoms with Gasteiger partial charge >= 0.3 is 0 Å². The van der Waals surface area contributed by atoms with Crippen LogP contribution in [0, 0.1) is 17.2 Å². The van der Waals surface area contributed by atoms with Crippen LogP contribution in [0.4, 0.5) is 0 Å².